The van der Waals surface area contributed by atoms with Gasteiger partial charge in [-0.2, -0.15) is 0 Å². The molecule has 0 radical (unpaired) electrons. The van der Waals surface area contributed by atoms with Crippen LogP contribution in [0, 0.1) is 0 Å². The molecule has 7 heteroatoms. The predicted molar refractivity (Wildman–Crippen MR) is 92.8 cm³/mol. The monoisotopic (exact) mass is 343 g/mol. The molecule has 1 aliphatic heterocycles. The Morgan fingerprint density at radius 3 is 2.67 bits per heavy atom. The lowest BCUT2D eigenvalue weighted by atomic mass is 9.99. The van der Waals surface area contributed by atoms with Crippen molar-refractivity contribution in [2.45, 2.75) is 30.7 Å². The third-order valence-electron chi connectivity index (χ3n) is 4.51. The molecule has 0 saturated heterocycles. The smallest absolute Gasteiger partial charge is 0.306 e. The van der Waals surface area contributed by atoms with E-state index < -0.39 is 10.0 Å². The Morgan fingerprint density at radius 1 is 1.08 bits per heavy atom. The number of sulfonamides is 1. The zero-order chi connectivity index (χ0) is 16.9. The van der Waals surface area contributed by atoms with E-state index in [1.165, 1.54) is 16.4 Å². The van der Waals surface area contributed by atoms with Crippen LogP contribution in [-0.4, -0.2) is 24.4 Å². The third-order valence-corrected chi connectivity index (χ3v) is 6.43. The number of nitrogens with one attached hydrogen (secondary N) is 2. The van der Waals surface area contributed by atoms with Crippen molar-refractivity contribution in [3.63, 3.8) is 0 Å². The van der Waals surface area contributed by atoms with Crippen molar-refractivity contribution in [3.05, 3.63) is 58.5 Å². The number of fused-ring (bicyclic) bond motifs is 2. The normalized spacial score (nSPS) is 17.9. The Balaban J connectivity index is 1.88. The van der Waals surface area contributed by atoms with Crippen LogP contribution >= 0.6 is 0 Å². The Hall–Kier alpha value is -2.54. The minimum absolute atomic E-state index is 0.120. The van der Waals surface area contributed by atoms with Crippen molar-refractivity contribution in [1.82, 2.24) is 9.97 Å². The lowest BCUT2D eigenvalue weighted by molar-refractivity contribution is 0.563. The average molecular weight is 343 g/mol. The van der Waals surface area contributed by atoms with Gasteiger partial charge in [0.25, 0.3) is 10.0 Å². The summed E-state index contributed by atoms with van der Waals surface area (Å²) < 4.78 is 28.0. The first-order valence-electron chi connectivity index (χ1n) is 7.81. The number of anilines is 1. The van der Waals surface area contributed by atoms with Gasteiger partial charge in [0.15, 0.2) is 0 Å². The summed E-state index contributed by atoms with van der Waals surface area (Å²) in [7, 11) is -3.71. The quantitative estimate of drug-likeness (QED) is 0.749. The van der Waals surface area contributed by atoms with Crippen LogP contribution in [0.1, 0.15) is 18.9 Å². The Kier molecular flexibility index (Phi) is 3.28. The highest BCUT2D eigenvalue weighted by Gasteiger charge is 2.33. The summed E-state index contributed by atoms with van der Waals surface area (Å²) in [6.45, 7) is 1.92. The number of H-pyrrole nitrogens is 2. The largest absolute Gasteiger partial charge is 0.323 e. The van der Waals surface area contributed by atoms with E-state index in [9.17, 15) is 13.2 Å². The van der Waals surface area contributed by atoms with Crippen LogP contribution in [0.25, 0.3) is 11.0 Å². The first-order chi connectivity index (χ1) is 11.5. The van der Waals surface area contributed by atoms with E-state index in [2.05, 4.69) is 9.97 Å². The molecule has 2 N–H and O–H groups in total. The molecule has 4 rings (SSSR count). The number of imidazole rings is 1. The van der Waals surface area contributed by atoms with Crippen molar-refractivity contribution in [2.75, 3.05) is 4.31 Å². The van der Waals surface area contributed by atoms with Crippen LogP contribution < -0.4 is 9.99 Å². The molecule has 6 nitrogen and oxygen atoms in total. The molecule has 0 bridgehead atoms. The van der Waals surface area contributed by atoms with Gasteiger partial charge in [-0.25, -0.2) is 13.2 Å². The molecule has 0 aliphatic carbocycles. The van der Waals surface area contributed by atoms with Crippen LogP contribution in [0.3, 0.4) is 0 Å². The molecule has 1 aliphatic rings. The van der Waals surface area contributed by atoms with Gasteiger partial charge in [-0.15, -0.1) is 0 Å². The Morgan fingerprint density at radius 2 is 1.83 bits per heavy atom. The molecular weight excluding hydrogens is 326 g/mol. The van der Waals surface area contributed by atoms with Gasteiger partial charge in [-0.1, -0.05) is 18.2 Å². The van der Waals surface area contributed by atoms with Crippen LogP contribution in [-0.2, 0) is 16.4 Å². The second-order valence-corrected chi connectivity index (χ2v) is 7.92. The maximum atomic E-state index is 13.2. The third kappa shape index (κ3) is 2.24. The van der Waals surface area contributed by atoms with Crippen molar-refractivity contribution >= 4 is 26.7 Å². The molecule has 0 fully saturated rings. The molecule has 124 valence electrons. The van der Waals surface area contributed by atoms with Gasteiger partial charge in [-0.3, -0.25) is 4.31 Å². The minimum atomic E-state index is -3.71. The number of aromatic nitrogens is 2. The van der Waals surface area contributed by atoms with E-state index in [4.69, 9.17) is 0 Å². The fourth-order valence-corrected chi connectivity index (χ4v) is 5.06. The summed E-state index contributed by atoms with van der Waals surface area (Å²) in [6, 6.07) is 12.1. The van der Waals surface area contributed by atoms with Crippen LogP contribution in [0.5, 0.6) is 0 Å². The number of rotatable bonds is 2. The van der Waals surface area contributed by atoms with Gasteiger partial charge in [0.1, 0.15) is 0 Å². The highest BCUT2D eigenvalue weighted by molar-refractivity contribution is 7.92. The number of hydrogen-bond donors (Lipinski definition) is 2. The van der Waals surface area contributed by atoms with E-state index in [0.29, 0.717) is 11.0 Å². The number of hydrogen-bond acceptors (Lipinski definition) is 3. The molecule has 1 aromatic heterocycles. The fourth-order valence-electron chi connectivity index (χ4n) is 3.31. The molecule has 24 heavy (non-hydrogen) atoms. The van der Waals surface area contributed by atoms with E-state index in [-0.39, 0.29) is 16.6 Å². The van der Waals surface area contributed by atoms with E-state index in [1.807, 2.05) is 31.2 Å². The number of aryl methyl sites for hydroxylation is 1. The molecule has 0 amide bonds. The standard InChI is InChI=1S/C17H17N3O3S/c1-11-6-7-12-4-2-3-5-16(12)20(11)24(22,23)13-8-9-14-15(10-13)19-17(21)18-14/h2-5,8-11H,6-7H2,1H3,(H2,18,19,21)/t11-/m1/s1. The molecule has 0 spiro atoms. The maximum absolute atomic E-state index is 13.2. The first kappa shape index (κ1) is 15.0. The number of nitrogens with zero attached hydrogens (tertiary/aromatic N) is 1. The topological polar surface area (TPSA) is 86.0 Å². The molecule has 2 heterocycles. The summed E-state index contributed by atoms with van der Waals surface area (Å²) in [6.07, 6.45) is 1.65. The molecular formula is C17H17N3O3S. The molecule has 3 aromatic rings. The lowest BCUT2D eigenvalue weighted by Gasteiger charge is -2.36. The van der Waals surface area contributed by atoms with Crippen LogP contribution in [0.4, 0.5) is 5.69 Å². The summed E-state index contributed by atoms with van der Waals surface area (Å²) >= 11 is 0. The molecule has 0 saturated carbocycles. The van der Waals surface area contributed by atoms with Crippen molar-refractivity contribution in [2.24, 2.45) is 0 Å². The second kappa shape index (κ2) is 5.24. The van der Waals surface area contributed by atoms with E-state index in [1.54, 1.807) is 6.07 Å². The van der Waals surface area contributed by atoms with E-state index >= 15 is 0 Å². The summed E-state index contributed by atoms with van der Waals surface area (Å²) in [4.78, 5) is 16.8. The SMILES string of the molecule is C[C@@H]1CCc2ccccc2N1S(=O)(=O)c1ccc2[nH]c(=O)[nH]c2c1. The summed E-state index contributed by atoms with van der Waals surface area (Å²) in [5.41, 5.74) is 2.50. The van der Waals surface area contributed by atoms with Gasteiger partial charge in [0, 0.05) is 6.04 Å². The summed E-state index contributed by atoms with van der Waals surface area (Å²) in [5, 5.41) is 0. The first-order valence-corrected chi connectivity index (χ1v) is 9.25. The fraction of sp³-hybridized carbons (Fsp3) is 0.235. The lowest BCUT2D eigenvalue weighted by Crippen LogP contribution is -2.42. The van der Waals surface area contributed by atoms with Crippen molar-refractivity contribution in [3.8, 4) is 0 Å². The minimum Gasteiger partial charge on any atom is -0.306 e. The van der Waals surface area contributed by atoms with Crippen molar-refractivity contribution < 1.29 is 8.42 Å². The van der Waals surface area contributed by atoms with Gasteiger partial charge in [0.2, 0.25) is 0 Å². The Labute approximate surface area is 139 Å². The predicted octanol–water partition coefficient (Wildman–Crippen LogP) is 2.39. The highest BCUT2D eigenvalue weighted by atomic mass is 32.2. The number of para-hydroxylation sites is 1. The van der Waals surface area contributed by atoms with Gasteiger partial charge in [-0.05, 0) is 49.6 Å². The van der Waals surface area contributed by atoms with Crippen LogP contribution in [0.15, 0.2) is 52.2 Å². The summed E-state index contributed by atoms with van der Waals surface area (Å²) in [5.74, 6) is 0. The Bertz CT molecular complexity index is 1080. The second-order valence-electron chi connectivity index (χ2n) is 6.10. The van der Waals surface area contributed by atoms with Crippen molar-refractivity contribution in [1.29, 1.82) is 0 Å². The number of benzene rings is 2. The highest BCUT2D eigenvalue weighted by Crippen LogP contribution is 2.35. The van der Waals surface area contributed by atoms with E-state index in [0.717, 1.165) is 24.1 Å². The number of aromatic amines is 2. The zero-order valence-corrected chi connectivity index (χ0v) is 13.9. The molecule has 2 aromatic carbocycles. The van der Waals surface area contributed by atoms with Crippen LogP contribution in [0.2, 0.25) is 0 Å². The van der Waals surface area contributed by atoms with Gasteiger partial charge < -0.3 is 9.97 Å². The maximum Gasteiger partial charge on any atom is 0.323 e. The molecule has 1 atom stereocenters. The van der Waals surface area contributed by atoms with Gasteiger partial charge in [0.05, 0.1) is 21.6 Å². The zero-order valence-electron chi connectivity index (χ0n) is 13.1. The molecule has 0 unspecified atom stereocenters. The van der Waals surface area contributed by atoms with Gasteiger partial charge >= 0.3 is 5.69 Å². The average Bonchev–Trinajstić information content (AvgIpc) is 2.93.